The van der Waals surface area contributed by atoms with Gasteiger partial charge in [-0.25, -0.2) is 0 Å². The van der Waals surface area contributed by atoms with Crippen LogP contribution in [0.3, 0.4) is 0 Å². The van der Waals surface area contributed by atoms with Crippen LogP contribution in [0.15, 0.2) is 4.99 Å². The quantitative estimate of drug-likeness (QED) is 0.270. The van der Waals surface area contributed by atoms with Crippen LogP contribution in [0.4, 0.5) is 0 Å². The summed E-state index contributed by atoms with van der Waals surface area (Å²) in [6, 6.07) is 0.614. The lowest BCUT2D eigenvalue weighted by Crippen LogP contribution is -2.62. The third kappa shape index (κ3) is 6.58. The summed E-state index contributed by atoms with van der Waals surface area (Å²) in [5.74, 6) is 0.992. The Kier molecular flexibility index (Phi) is 10.4. The van der Waals surface area contributed by atoms with Gasteiger partial charge in [0.1, 0.15) is 0 Å². The molecule has 3 rings (SSSR count). The molecule has 0 aromatic carbocycles. The highest BCUT2D eigenvalue weighted by Gasteiger charge is 2.31. The van der Waals surface area contributed by atoms with Crippen molar-refractivity contribution in [3.63, 3.8) is 0 Å². The van der Waals surface area contributed by atoms with Gasteiger partial charge in [0.2, 0.25) is 0 Å². The second-order valence-electron chi connectivity index (χ2n) is 6.20. The lowest BCUT2D eigenvalue weighted by molar-refractivity contribution is 0.0174. The molecule has 0 saturated carbocycles. The summed E-state index contributed by atoms with van der Waals surface area (Å²) in [5.41, 5.74) is 0. The molecule has 3 aliphatic heterocycles. The van der Waals surface area contributed by atoms with E-state index in [1.165, 1.54) is 58.4 Å². The predicted molar refractivity (Wildman–Crippen MR) is 105 cm³/mol. The molecule has 3 saturated heterocycles. The van der Waals surface area contributed by atoms with Crippen LogP contribution in [0, 0.1) is 0 Å². The maximum Gasteiger partial charge on any atom is 0.191 e. The third-order valence-corrected chi connectivity index (χ3v) is 4.52. The molecule has 3 aliphatic rings. The average molecular weight is 423 g/mol. The van der Waals surface area contributed by atoms with Gasteiger partial charge in [-0.1, -0.05) is 26.2 Å². The maximum atomic E-state index is 4.80. The second-order valence-corrected chi connectivity index (χ2v) is 6.20. The molecule has 1 atom stereocenters. The number of hydrogen-bond acceptors (Lipinski definition) is 3. The average Bonchev–Trinajstić information content (AvgIpc) is 2.53. The smallest absolute Gasteiger partial charge is 0.191 e. The number of fused-ring (bicyclic) bond motifs is 3. The van der Waals surface area contributed by atoms with Crippen molar-refractivity contribution in [2.45, 2.75) is 45.6 Å². The van der Waals surface area contributed by atoms with E-state index in [9.17, 15) is 0 Å². The van der Waals surface area contributed by atoms with Gasteiger partial charge in [0, 0.05) is 51.9 Å². The van der Waals surface area contributed by atoms with E-state index >= 15 is 0 Å². The standard InChI is InChI=1S/C16H33N5.HI/c1-3-5-6-7-8-18-16(17-4-2)19-13-15-14-20-9-11-21(15)12-10-20;/h15H,3-14H2,1-2H3,(H2,17,18,19);1H. The summed E-state index contributed by atoms with van der Waals surface area (Å²) < 4.78 is 0. The van der Waals surface area contributed by atoms with Crippen molar-refractivity contribution in [1.29, 1.82) is 0 Å². The van der Waals surface area contributed by atoms with E-state index in [1.807, 2.05) is 0 Å². The first-order valence-corrected chi connectivity index (χ1v) is 8.82. The monoisotopic (exact) mass is 423 g/mol. The summed E-state index contributed by atoms with van der Waals surface area (Å²) >= 11 is 0. The lowest BCUT2D eigenvalue weighted by atomic mass is 10.1. The minimum atomic E-state index is 0. The molecule has 1 unspecified atom stereocenters. The van der Waals surface area contributed by atoms with Gasteiger partial charge >= 0.3 is 0 Å². The van der Waals surface area contributed by atoms with Crippen molar-refractivity contribution >= 4 is 29.9 Å². The fourth-order valence-corrected chi connectivity index (χ4v) is 3.19. The SMILES string of the molecule is CCCCCCNC(=NCC1CN2CCN1CC2)NCC.I. The largest absolute Gasteiger partial charge is 0.357 e. The molecule has 0 aromatic heterocycles. The minimum absolute atomic E-state index is 0. The van der Waals surface area contributed by atoms with Crippen LogP contribution in [0.5, 0.6) is 0 Å². The number of piperazine rings is 3. The maximum absolute atomic E-state index is 4.80. The highest BCUT2D eigenvalue weighted by Crippen LogP contribution is 2.15. The number of halogens is 1. The van der Waals surface area contributed by atoms with Gasteiger partial charge < -0.3 is 10.6 Å². The first-order valence-electron chi connectivity index (χ1n) is 8.82. The van der Waals surface area contributed by atoms with Crippen LogP contribution in [0.25, 0.3) is 0 Å². The Morgan fingerprint density at radius 2 is 1.82 bits per heavy atom. The third-order valence-electron chi connectivity index (χ3n) is 4.52. The Morgan fingerprint density at radius 3 is 2.41 bits per heavy atom. The summed E-state index contributed by atoms with van der Waals surface area (Å²) in [7, 11) is 0. The number of guanidine groups is 1. The van der Waals surface area contributed by atoms with Crippen LogP contribution in [-0.2, 0) is 0 Å². The van der Waals surface area contributed by atoms with Crippen molar-refractivity contribution in [2.75, 3.05) is 52.4 Å². The first kappa shape index (κ1) is 20.0. The minimum Gasteiger partial charge on any atom is -0.357 e. The number of hydrogen-bond donors (Lipinski definition) is 2. The first-order chi connectivity index (χ1) is 10.3. The molecule has 2 N–H and O–H groups in total. The lowest BCUT2D eigenvalue weighted by Gasteiger charge is -2.47. The van der Waals surface area contributed by atoms with Gasteiger partial charge in [-0.2, -0.15) is 0 Å². The fraction of sp³-hybridized carbons (Fsp3) is 0.938. The van der Waals surface area contributed by atoms with E-state index in [1.54, 1.807) is 0 Å². The zero-order chi connectivity index (χ0) is 14.9. The van der Waals surface area contributed by atoms with Crippen molar-refractivity contribution < 1.29 is 0 Å². The molecule has 2 bridgehead atoms. The van der Waals surface area contributed by atoms with Crippen LogP contribution < -0.4 is 10.6 Å². The van der Waals surface area contributed by atoms with Gasteiger partial charge in [-0.3, -0.25) is 14.8 Å². The zero-order valence-electron chi connectivity index (χ0n) is 14.3. The Hall–Kier alpha value is -0.0800. The molecule has 6 heteroatoms. The summed E-state index contributed by atoms with van der Waals surface area (Å²) in [5, 5.41) is 6.83. The number of nitrogens with one attached hydrogen (secondary N) is 2. The van der Waals surface area contributed by atoms with Gasteiger partial charge in [-0.05, 0) is 13.3 Å². The van der Waals surface area contributed by atoms with Gasteiger partial charge in [0.15, 0.2) is 5.96 Å². The van der Waals surface area contributed by atoms with E-state index < -0.39 is 0 Å². The number of unbranched alkanes of at least 4 members (excludes halogenated alkanes) is 3. The Balaban J connectivity index is 0.00000242. The molecule has 0 aromatic rings. The van der Waals surface area contributed by atoms with E-state index in [0.717, 1.165) is 25.6 Å². The molecule has 130 valence electrons. The van der Waals surface area contributed by atoms with E-state index in [-0.39, 0.29) is 24.0 Å². The summed E-state index contributed by atoms with van der Waals surface area (Å²) in [6.45, 7) is 13.4. The topological polar surface area (TPSA) is 42.9 Å². The van der Waals surface area contributed by atoms with Crippen molar-refractivity contribution in [3.8, 4) is 0 Å². The highest BCUT2D eigenvalue weighted by molar-refractivity contribution is 14.0. The molecule has 3 fully saturated rings. The summed E-state index contributed by atoms with van der Waals surface area (Å²) in [6.07, 6.45) is 5.18. The predicted octanol–water partition coefficient (Wildman–Crippen LogP) is 1.74. The van der Waals surface area contributed by atoms with Crippen LogP contribution in [0.2, 0.25) is 0 Å². The van der Waals surface area contributed by atoms with E-state index in [4.69, 9.17) is 4.99 Å². The molecule has 0 aliphatic carbocycles. The number of nitrogens with zero attached hydrogens (tertiary/aromatic N) is 3. The van der Waals surface area contributed by atoms with Crippen molar-refractivity contribution in [2.24, 2.45) is 4.99 Å². The normalized spacial score (nSPS) is 27.4. The molecule has 3 heterocycles. The molecule has 0 radical (unpaired) electrons. The summed E-state index contributed by atoms with van der Waals surface area (Å²) in [4.78, 5) is 9.98. The second kappa shape index (κ2) is 11.5. The molecule has 22 heavy (non-hydrogen) atoms. The van der Waals surface area contributed by atoms with Gasteiger partial charge in [-0.15, -0.1) is 24.0 Å². The van der Waals surface area contributed by atoms with Crippen molar-refractivity contribution in [1.82, 2.24) is 20.4 Å². The Bertz CT molecular complexity index is 316. The fourth-order valence-electron chi connectivity index (χ4n) is 3.19. The van der Waals surface area contributed by atoms with Crippen LogP contribution >= 0.6 is 24.0 Å². The Labute approximate surface area is 153 Å². The molecular formula is C16H34IN5. The number of aliphatic imine (C=N–C) groups is 1. The molecule has 0 amide bonds. The van der Waals surface area contributed by atoms with E-state index in [2.05, 4.69) is 34.3 Å². The molecule has 0 spiro atoms. The molecular weight excluding hydrogens is 389 g/mol. The van der Waals surface area contributed by atoms with Crippen LogP contribution in [-0.4, -0.2) is 74.2 Å². The van der Waals surface area contributed by atoms with Crippen molar-refractivity contribution in [3.05, 3.63) is 0 Å². The van der Waals surface area contributed by atoms with Crippen LogP contribution in [0.1, 0.15) is 39.5 Å². The highest BCUT2D eigenvalue weighted by atomic mass is 127. The Morgan fingerprint density at radius 1 is 1.05 bits per heavy atom. The van der Waals surface area contributed by atoms with Gasteiger partial charge in [0.05, 0.1) is 6.54 Å². The molecule has 5 nitrogen and oxygen atoms in total. The number of rotatable bonds is 8. The van der Waals surface area contributed by atoms with E-state index in [0.29, 0.717) is 6.04 Å². The van der Waals surface area contributed by atoms with Gasteiger partial charge in [0.25, 0.3) is 0 Å². The zero-order valence-corrected chi connectivity index (χ0v) is 16.6.